The van der Waals surface area contributed by atoms with Crippen LogP contribution in [-0.4, -0.2) is 62.0 Å². The van der Waals surface area contributed by atoms with Crippen molar-refractivity contribution in [1.29, 1.82) is 0 Å². The van der Waals surface area contributed by atoms with E-state index >= 15 is 0 Å². The van der Waals surface area contributed by atoms with Gasteiger partial charge >= 0.3 is 11.9 Å². The number of para-hydroxylation sites is 2. The van der Waals surface area contributed by atoms with E-state index in [2.05, 4.69) is 0 Å². The van der Waals surface area contributed by atoms with Gasteiger partial charge in [-0.15, -0.1) is 5.06 Å². The molecule has 0 aliphatic carbocycles. The van der Waals surface area contributed by atoms with Gasteiger partial charge in [0.1, 0.15) is 18.8 Å². The topological polar surface area (TPSA) is 194 Å². The molecule has 2 heterocycles. The average Bonchev–Trinajstić information content (AvgIpc) is 3.33. The molecule has 1 unspecified atom stereocenters. The highest BCUT2D eigenvalue weighted by molar-refractivity contribution is 7.89. The van der Waals surface area contributed by atoms with Crippen LogP contribution in [0, 0.1) is 13.8 Å². The fourth-order valence-electron chi connectivity index (χ4n) is 5.40. The number of imide groups is 1. The first-order valence-corrected chi connectivity index (χ1v) is 17.3. The maximum Gasteiger partial charge on any atom is 0.351 e. The van der Waals surface area contributed by atoms with Gasteiger partial charge in [-0.25, -0.2) is 18.0 Å². The second-order valence-corrected chi connectivity index (χ2v) is 14.2. The van der Waals surface area contributed by atoms with Gasteiger partial charge in [0.15, 0.2) is 0 Å². The molecule has 3 aromatic carbocycles. The van der Waals surface area contributed by atoms with Gasteiger partial charge in [-0.05, 0) is 44.0 Å². The number of ether oxygens (including phenoxy) is 1. The Bertz CT molecular complexity index is 2130. The Kier molecular flexibility index (Phi) is 9.14. The van der Waals surface area contributed by atoms with Crippen molar-refractivity contribution < 1.29 is 54.7 Å². The van der Waals surface area contributed by atoms with Crippen LogP contribution in [0.2, 0.25) is 0 Å². The quantitative estimate of drug-likeness (QED) is 0.0621. The zero-order valence-corrected chi connectivity index (χ0v) is 27.1. The largest absolute Gasteiger partial charge is 0.422 e. The Hall–Kier alpha value is -4.77. The van der Waals surface area contributed by atoms with Crippen LogP contribution >= 0.6 is 0 Å². The highest BCUT2D eigenvalue weighted by atomic mass is 32.2. The molecule has 47 heavy (non-hydrogen) atoms. The molecule has 16 heteroatoms. The zero-order chi connectivity index (χ0) is 34.3. The minimum Gasteiger partial charge on any atom is -0.422 e. The predicted octanol–water partition coefficient (Wildman–Crippen LogP) is 2.19. The number of hydroxylamine groups is 2. The molecule has 1 aromatic heterocycles. The minimum atomic E-state index is -4.69. The summed E-state index contributed by atoms with van der Waals surface area (Å²) in [5.74, 6) is -5.00. The first-order valence-electron chi connectivity index (χ1n) is 14.3. The van der Waals surface area contributed by atoms with Crippen LogP contribution in [0.3, 0.4) is 0 Å². The molecule has 1 aliphatic rings. The number of nitrogens with one attached hydrogen (secondary N) is 1. The molecule has 1 saturated heterocycles. The number of carbonyl (C=O) groups excluding carboxylic acids is 4. The van der Waals surface area contributed by atoms with Gasteiger partial charge in [0, 0.05) is 30.5 Å². The van der Waals surface area contributed by atoms with Crippen LogP contribution in [0.4, 0.5) is 0 Å². The summed E-state index contributed by atoms with van der Waals surface area (Å²) in [6.07, 6.45) is -1.26. The molecule has 0 spiro atoms. The van der Waals surface area contributed by atoms with Crippen molar-refractivity contribution >= 4 is 65.7 Å². The summed E-state index contributed by atoms with van der Waals surface area (Å²) in [5, 5.41) is 1.40. The molecule has 2 N–H and O–H groups in total. The molecular formula is C31H30N3O11S2+. The Morgan fingerprint density at radius 2 is 1.47 bits per heavy atom. The van der Waals surface area contributed by atoms with Gasteiger partial charge in [-0.2, -0.15) is 17.7 Å². The third kappa shape index (κ3) is 6.85. The first kappa shape index (κ1) is 33.6. The van der Waals surface area contributed by atoms with Crippen molar-refractivity contribution in [3.63, 3.8) is 0 Å². The van der Waals surface area contributed by atoms with Crippen LogP contribution in [0.5, 0.6) is 5.75 Å². The smallest absolute Gasteiger partial charge is 0.351 e. The van der Waals surface area contributed by atoms with Crippen LogP contribution < -0.4 is 14.0 Å². The second kappa shape index (κ2) is 12.8. The monoisotopic (exact) mass is 684 g/mol. The first-order chi connectivity index (χ1) is 22.1. The molecule has 1 aliphatic heterocycles. The highest BCUT2D eigenvalue weighted by Crippen LogP contribution is 2.32. The van der Waals surface area contributed by atoms with Crippen molar-refractivity contribution in [2.75, 3.05) is 5.75 Å². The van der Waals surface area contributed by atoms with Crippen molar-refractivity contribution in [1.82, 2.24) is 9.79 Å². The van der Waals surface area contributed by atoms with Gasteiger partial charge < -0.3 is 9.57 Å². The van der Waals surface area contributed by atoms with Crippen LogP contribution in [0.15, 0.2) is 65.6 Å². The molecule has 0 bridgehead atoms. The summed E-state index contributed by atoms with van der Waals surface area (Å²) in [6.45, 7) is 3.00. The van der Waals surface area contributed by atoms with Crippen LogP contribution in [0.25, 0.3) is 21.8 Å². The predicted molar refractivity (Wildman–Crippen MR) is 166 cm³/mol. The van der Waals surface area contributed by atoms with Crippen molar-refractivity contribution in [3.8, 4) is 5.75 Å². The van der Waals surface area contributed by atoms with E-state index in [1.807, 2.05) is 40.6 Å². The van der Waals surface area contributed by atoms with Crippen LogP contribution in [-0.2, 0) is 46.4 Å². The number of fused-ring (bicyclic) bond motifs is 2. The summed E-state index contributed by atoms with van der Waals surface area (Å²) in [5.41, 5.74) is 2.18. The number of sulfonamides is 1. The molecule has 5 rings (SSSR count). The molecule has 0 saturated carbocycles. The van der Waals surface area contributed by atoms with Crippen LogP contribution in [0.1, 0.15) is 40.7 Å². The molecule has 1 atom stereocenters. The number of aromatic nitrogens is 1. The maximum absolute atomic E-state index is 13.9. The fourth-order valence-corrected chi connectivity index (χ4v) is 7.40. The number of carbonyl (C=O) groups is 4. The summed E-state index contributed by atoms with van der Waals surface area (Å²) < 4.78 is 69.3. The van der Waals surface area contributed by atoms with Crippen molar-refractivity contribution in [2.24, 2.45) is 7.05 Å². The minimum absolute atomic E-state index is 0.00672. The number of amides is 2. The summed E-state index contributed by atoms with van der Waals surface area (Å²) in [4.78, 5) is 55.1. The summed E-state index contributed by atoms with van der Waals surface area (Å²) >= 11 is 0. The standard InChI is InChI=1S/C31H29N3O11S2/c1-18-12-13-25(47(42,43)32-22(16-17-46(39,40)41)30(37)45-34-26(35)14-15-27(34)36)19(2)29(18)44-31(38)28-20-8-4-6-10-23(20)33(3)24-11-7-5-9-21(24)28/h4-13,22,32H,14-17H2,1-3H3/p+1. The molecule has 4 aromatic rings. The molecule has 14 nitrogen and oxygen atoms in total. The zero-order valence-electron chi connectivity index (χ0n) is 25.4. The lowest BCUT2D eigenvalue weighted by molar-refractivity contribution is -0.617. The van der Waals surface area contributed by atoms with E-state index in [1.165, 1.54) is 19.1 Å². The maximum atomic E-state index is 13.9. The van der Waals surface area contributed by atoms with Gasteiger partial charge in [-0.1, -0.05) is 30.3 Å². The number of nitrogens with zero attached hydrogens (tertiary/aromatic N) is 2. The highest BCUT2D eigenvalue weighted by Gasteiger charge is 2.37. The number of pyridine rings is 1. The Labute approximate surface area is 269 Å². The third-order valence-electron chi connectivity index (χ3n) is 7.74. The number of rotatable bonds is 10. The summed E-state index contributed by atoms with van der Waals surface area (Å²) in [6, 6.07) is 15.1. The van der Waals surface area contributed by atoms with E-state index in [-0.39, 0.29) is 34.8 Å². The number of hydrogen-bond acceptors (Lipinski definition) is 10. The van der Waals surface area contributed by atoms with Gasteiger partial charge in [-0.3, -0.25) is 14.1 Å². The van der Waals surface area contributed by atoms with Gasteiger partial charge in [0.05, 0.1) is 27.0 Å². The van der Waals surface area contributed by atoms with E-state index in [4.69, 9.17) is 9.57 Å². The summed E-state index contributed by atoms with van der Waals surface area (Å²) in [7, 11) is -7.48. The Morgan fingerprint density at radius 1 is 0.915 bits per heavy atom. The Morgan fingerprint density at radius 3 is 2.02 bits per heavy atom. The molecular weight excluding hydrogens is 654 g/mol. The van der Waals surface area contributed by atoms with Crippen molar-refractivity contribution in [3.05, 3.63) is 77.4 Å². The van der Waals surface area contributed by atoms with E-state index in [9.17, 15) is 40.6 Å². The molecule has 246 valence electrons. The lowest BCUT2D eigenvalue weighted by Crippen LogP contribution is -2.46. The van der Waals surface area contributed by atoms with Crippen molar-refractivity contribution in [2.45, 2.75) is 44.0 Å². The number of benzene rings is 3. The molecule has 2 amide bonds. The second-order valence-electron chi connectivity index (χ2n) is 10.9. The van der Waals surface area contributed by atoms with E-state index in [0.717, 1.165) is 11.0 Å². The Balaban J connectivity index is 1.50. The lowest BCUT2D eigenvalue weighted by Gasteiger charge is -2.21. The number of esters is 1. The normalized spacial score (nSPS) is 14.5. The van der Waals surface area contributed by atoms with E-state index in [1.54, 1.807) is 31.2 Å². The molecule has 1 fully saturated rings. The third-order valence-corrected chi connectivity index (χ3v) is 10.1. The number of aryl methyl sites for hydroxylation is 2. The van der Waals surface area contributed by atoms with E-state index < -0.39 is 67.0 Å². The van der Waals surface area contributed by atoms with Gasteiger partial charge in [0.25, 0.3) is 21.9 Å². The van der Waals surface area contributed by atoms with Gasteiger partial charge in [0.2, 0.25) is 21.1 Å². The SMILES string of the molecule is Cc1ccc(S(=O)(=O)NC(CCS(=O)(=O)O)C(=O)ON2C(=O)CCC2=O)c(C)c1OC(=O)c1c2ccccc2[n+](C)c2ccccc12. The van der Waals surface area contributed by atoms with E-state index in [0.29, 0.717) is 16.3 Å². The number of hydrogen-bond donors (Lipinski definition) is 2. The molecule has 0 radical (unpaired) electrons. The average molecular weight is 685 g/mol. The lowest BCUT2D eigenvalue weighted by atomic mass is 10.0. The fraction of sp³-hybridized carbons (Fsp3) is 0.258.